The average Bonchev–Trinajstić information content (AvgIpc) is 2.89. The minimum atomic E-state index is -0.144. The Morgan fingerprint density at radius 1 is 1.00 bits per heavy atom. The Kier molecular flexibility index (Phi) is 4.49. The fourth-order valence-electron chi connectivity index (χ4n) is 3.47. The Morgan fingerprint density at radius 2 is 1.65 bits per heavy atom. The van der Waals surface area contributed by atoms with Gasteiger partial charge in [0.05, 0.1) is 6.04 Å². The molecule has 1 N–H and O–H groups in total. The highest BCUT2D eigenvalue weighted by atomic mass is 19.1. The number of hydrogen-bond donors (Lipinski definition) is 1. The molecule has 0 saturated heterocycles. The Morgan fingerprint density at radius 3 is 2.35 bits per heavy atom. The number of fused-ring (bicyclic) bond motifs is 1. The molecule has 0 bridgehead atoms. The molecule has 1 aromatic heterocycles. The largest absolute Gasteiger partial charge is 0.358 e. The molecule has 120 valence electrons. The third-order valence-corrected chi connectivity index (χ3v) is 4.59. The lowest BCUT2D eigenvalue weighted by molar-refractivity contribution is 0.246. The van der Waals surface area contributed by atoms with Crippen molar-refractivity contribution in [2.24, 2.45) is 0 Å². The van der Waals surface area contributed by atoms with Crippen molar-refractivity contribution in [3.8, 4) is 0 Å². The fraction of sp³-hybridized carbons (Fsp3) is 0.300. The second kappa shape index (κ2) is 6.55. The lowest BCUT2D eigenvalue weighted by Crippen LogP contribution is -2.30. The summed E-state index contributed by atoms with van der Waals surface area (Å²) in [5.41, 5.74) is 4.12. The zero-order valence-electron chi connectivity index (χ0n) is 13.9. The second-order valence-corrected chi connectivity index (χ2v) is 5.85. The van der Waals surface area contributed by atoms with Crippen molar-refractivity contribution in [3.63, 3.8) is 0 Å². The second-order valence-electron chi connectivity index (χ2n) is 5.85. The van der Waals surface area contributed by atoms with Crippen LogP contribution >= 0.6 is 0 Å². The van der Waals surface area contributed by atoms with Crippen LogP contribution in [0.4, 0.5) is 4.39 Å². The number of para-hydroxylation sites is 1. The van der Waals surface area contributed by atoms with E-state index in [1.165, 1.54) is 10.9 Å². The van der Waals surface area contributed by atoms with E-state index in [0.29, 0.717) is 0 Å². The number of nitrogens with one attached hydrogen (secondary N) is 1. The Balaban J connectivity index is 2.26. The molecule has 0 fully saturated rings. The van der Waals surface area contributed by atoms with Crippen molar-refractivity contribution < 1.29 is 4.39 Å². The number of aromatic amines is 1. The zero-order valence-corrected chi connectivity index (χ0v) is 13.9. The predicted octanol–water partition coefficient (Wildman–Crippen LogP) is 5.05. The molecular weight excluding hydrogens is 287 g/mol. The number of benzene rings is 2. The maximum absolute atomic E-state index is 14.6. The summed E-state index contributed by atoms with van der Waals surface area (Å²) in [5.74, 6) is -0.144. The van der Waals surface area contributed by atoms with E-state index in [0.717, 1.165) is 29.9 Å². The van der Waals surface area contributed by atoms with E-state index in [-0.39, 0.29) is 11.9 Å². The van der Waals surface area contributed by atoms with Gasteiger partial charge in [-0.2, -0.15) is 0 Å². The van der Waals surface area contributed by atoms with Gasteiger partial charge in [0.2, 0.25) is 0 Å². The minimum absolute atomic E-state index is 0.0812. The van der Waals surface area contributed by atoms with E-state index in [1.807, 2.05) is 24.3 Å². The standard InChI is InChI=1S/C20H23FN2/c1-4-23(5-2)20(15-10-6-8-12-17(15)21)19-14(3)22-18-13-9-7-11-16(18)19/h6-13,20,22H,4-5H2,1-3H3. The van der Waals surface area contributed by atoms with Crippen molar-refractivity contribution >= 4 is 10.9 Å². The number of halogens is 1. The highest BCUT2D eigenvalue weighted by Gasteiger charge is 2.27. The van der Waals surface area contributed by atoms with Gasteiger partial charge in [0, 0.05) is 27.7 Å². The van der Waals surface area contributed by atoms with E-state index in [2.05, 4.69) is 42.8 Å². The first kappa shape index (κ1) is 15.8. The first-order chi connectivity index (χ1) is 11.2. The van der Waals surface area contributed by atoms with Crippen molar-refractivity contribution in [2.75, 3.05) is 13.1 Å². The molecule has 3 aromatic rings. The average molecular weight is 310 g/mol. The van der Waals surface area contributed by atoms with E-state index >= 15 is 0 Å². The van der Waals surface area contributed by atoms with Gasteiger partial charge in [-0.25, -0.2) is 4.39 Å². The lowest BCUT2D eigenvalue weighted by Gasteiger charge is -2.31. The molecule has 1 atom stereocenters. The van der Waals surface area contributed by atoms with Gasteiger partial charge < -0.3 is 4.98 Å². The van der Waals surface area contributed by atoms with Gasteiger partial charge in [0.25, 0.3) is 0 Å². The molecule has 1 unspecified atom stereocenters. The van der Waals surface area contributed by atoms with Crippen LogP contribution in [0.25, 0.3) is 10.9 Å². The van der Waals surface area contributed by atoms with E-state index in [9.17, 15) is 4.39 Å². The molecule has 2 nitrogen and oxygen atoms in total. The number of rotatable bonds is 5. The first-order valence-corrected chi connectivity index (χ1v) is 8.23. The number of aromatic nitrogens is 1. The van der Waals surface area contributed by atoms with Crippen LogP contribution in [0.5, 0.6) is 0 Å². The van der Waals surface area contributed by atoms with Gasteiger partial charge in [0.15, 0.2) is 0 Å². The normalized spacial score (nSPS) is 12.9. The smallest absolute Gasteiger partial charge is 0.128 e. The highest BCUT2D eigenvalue weighted by Crippen LogP contribution is 2.36. The summed E-state index contributed by atoms with van der Waals surface area (Å²) >= 11 is 0. The molecule has 2 aromatic carbocycles. The van der Waals surface area contributed by atoms with Gasteiger partial charge in [-0.1, -0.05) is 50.2 Å². The van der Waals surface area contributed by atoms with Crippen LogP contribution in [0.2, 0.25) is 0 Å². The Hall–Kier alpha value is -2.13. The summed E-state index contributed by atoms with van der Waals surface area (Å²) < 4.78 is 14.6. The van der Waals surface area contributed by atoms with Gasteiger partial charge >= 0.3 is 0 Å². The van der Waals surface area contributed by atoms with Gasteiger partial charge in [-0.15, -0.1) is 0 Å². The monoisotopic (exact) mass is 310 g/mol. The predicted molar refractivity (Wildman–Crippen MR) is 94.2 cm³/mol. The molecule has 0 aliphatic rings. The molecule has 1 heterocycles. The summed E-state index contributed by atoms with van der Waals surface area (Å²) in [6, 6.07) is 15.3. The molecule has 0 aliphatic carbocycles. The van der Waals surface area contributed by atoms with E-state index in [4.69, 9.17) is 0 Å². The third-order valence-electron chi connectivity index (χ3n) is 4.59. The molecule has 3 heteroatoms. The van der Waals surface area contributed by atoms with Crippen molar-refractivity contribution in [3.05, 3.63) is 71.2 Å². The summed E-state index contributed by atoms with van der Waals surface area (Å²) in [4.78, 5) is 5.76. The van der Waals surface area contributed by atoms with Crippen molar-refractivity contribution in [2.45, 2.75) is 26.8 Å². The van der Waals surface area contributed by atoms with Gasteiger partial charge in [0.1, 0.15) is 5.82 Å². The summed E-state index contributed by atoms with van der Waals surface area (Å²) in [5, 5.41) is 1.17. The number of hydrogen-bond acceptors (Lipinski definition) is 1. The molecule has 3 rings (SSSR count). The molecule has 0 aliphatic heterocycles. The van der Waals surface area contributed by atoms with Crippen LogP contribution < -0.4 is 0 Å². The number of nitrogens with zero attached hydrogens (tertiary/aromatic N) is 1. The molecule has 23 heavy (non-hydrogen) atoms. The topological polar surface area (TPSA) is 19.0 Å². The highest BCUT2D eigenvalue weighted by molar-refractivity contribution is 5.85. The Bertz CT molecular complexity index is 802. The molecule has 0 saturated carbocycles. The first-order valence-electron chi connectivity index (χ1n) is 8.23. The summed E-state index contributed by atoms with van der Waals surface area (Å²) in [6.45, 7) is 8.07. The maximum atomic E-state index is 14.6. The van der Waals surface area contributed by atoms with Crippen molar-refractivity contribution in [1.29, 1.82) is 0 Å². The minimum Gasteiger partial charge on any atom is -0.358 e. The lowest BCUT2D eigenvalue weighted by atomic mass is 9.94. The van der Waals surface area contributed by atoms with Crippen LogP contribution in [-0.2, 0) is 0 Å². The van der Waals surface area contributed by atoms with Crippen LogP contribution in [0, 0.1) is 12.7 Å². The Labute approximate surface area is 136 Å². The molecular formula is C20H23FN2. The summed E-state index contributed by atoms with van der Waals surface area (Å²) in [6.07, 6.45) is 0. The fourth-order valence-corrected chi connectivity index (χ4v) is 3.47. The quantitative estimate of drug-likeness (QED) is 0.699. The van der Waals surface area contributed by atoms with Crippen molar-refractivity contribution in [1.82, 2.24) is 9.88 Å². The van der Waals surface area contributed by atoms with E-state index < -0.39 is 0 Å². The molecule has 0 amide bonds. The zero-order chi connectivity index (χ0) is 16.4. The van der Waals surface area contributed by atoms with E-state index in [1.54, 1.807) is 12.1 Å². The number of H-pyrrole nitrogens is 1. The molecule has 0 spiro atoms. The SMILES string of the molecule is CCN(CC)C(c1ccccc1F)c1c(C)[nH]c2ccccc12. The van der Waals surface area contributed by atoms with Crippen LogP contribution in [0.15, 0.2) is 48.5 Å². The maximum Gasteiger partial charge on any atom is 0.128 e. The summed E-state index contributed by atoms with van der Waals surface area (Å²) in [7, 11) is 0. The number of aryl methyl sites for hydroxylation is 1. The van der Waals surface area contributed by atoms with Gasteiger partial charge in [-0.3, -0.25) is 4.90 Å². The van der Waals surface area contributed by atoms with Gasteiger partial charge in [-0.05, 0) is 32.1 Å². The van der Waals surface area contributed by atoms with Crippen LogP contribution in [0.1, 0.15) is 36.7 Å². The molecule has 0 radical (unpaired) electrons. The van der Waals surface area contributed by atoms with Crippen LogP contribution in [-0.4, -0.2) is 23.0 Å². The third kappa shape index (κ3) is 2.77. The van der Waals surface area contributed by atoms with Crippen LogP contribution in [0.3, 0.4) is 0 Å².